The van der Waals surface area contributed by atoms with E-state index in [2.05, 4.69) is 76.2 Å². The standard InChI is InChI=1S/C24H34S2/c1-5-19(3)7-9-21-11-15-23(16-12-21)25-26-24-17-13-22(14-18-24)10-8-20(4)6-2/h11-20H,5-10H2,1-4H3. The zero-order chi connectivity index (χ0) is 18.8. The molecule has 0 aliphatic heterocycles. The van der Waals surface area contributed by atoms with Crippen molar-refractivity contribution in [2.75, 3.05) is 0 Å². The largest absolute Gasteiger partial charge is 0.0651 e. The van der Waals surface area contributed by atoms with Crippen molar-refractivity contribution in [2.24, 2.45) is 11.8 Å². The Kier molecular flexibility index (Phi) is 9.71. The fraction of sp³-hybridized carbons (Fsp3) is 0.500. The van der Waals surface area contributed by atoms with E-state index in [1.54, 1.807) is 0 Å². The van der Waals surface area contributed by atoms with Gasteiger partial charge in [0.25, 0.3) is 0 Å². The van der Waals surface area contributed by atoms with Gasteiger partial charge in [0.15, 0.2) is 0 Å². The van der Waals surface area contributed by atoms with Gasteiger partial charge in [0.2, 0.25) is 0 Å². The van der Waals surface area contributed by atoms with E-state index in [0.717, 1.165) is 11.8 Å². The van der Waals surface area contributed by atoms with E-state index >= 15 is 0 Å². The van der Waals surface area contributed by atoms with Gasteiger partial charge < -0.3 is 0 Å². The lowest BCUT2D eigenvalue weighted by molar-refractivity contribution is 0.516. The van der Waals surface area contributed by atoms with E-state index in [0.29, 0.717) is 0 Å². The number of benzene rings is 2. The van der Waals surface area contributed by atoms with Crippen LogP contribution in [0, 0.1) is 11.8 Å². The Hall–Kier alpha value is -0.860. The van der Waals surface area contributed by atoms with Gasteiger partial charge in [0.1, 0.15) is 0 Å². The maximum absolute atomic E-state index is 2.34. The van der Waals surface area contributed by atoms with E-state index in [-0.39, 0.29) is 0 Å². The number of hydrogen-bond donors (Lipinski definition) is 0. The summed E-state index contributed by atoms with van der Waals surface area (Å²) in [6.45, 7) is 9.24. The topological polar surface area (TPSA) is 0 Å². The van der Waals surface area contributed by atoms with Crippen LogP contribution in [-0.2, 0) is 12.8 Å². The summed E-state index contributed by atoms with van der Waals surface area (Å²) >= 11 is 0. The van der Waals surface area contributed by atoms with E-state index in [9.17, 15) is 0 Å². The zero-order valence-electron chi connectivity index (χ0n) is 16.8. The van der Waals surface area contributed by atoms with E-state index < -0.39 is 0 Å². The van der Waals surface area contributed by atoms with Gasteiger partial charge in [0, 0.05) is 9.79 Å². The van der Waals surface area contributed by atoms with Gasteiger partial charge in [-0.15, -0.1) is 0 Å². The van der Waals surface area contributed by atoms with Crippen molar-refractivity contribution in [1.29, 1.82) is 0 Å². The molecule has 2 rings (SSSR count). The molecule has 0 aliphatic rings. The third-order valence-corrected chi connectivity index (χ3v) is 7.74. The van der Waals surface area contributed by atoms with Crippen LogP contribution in [0.5, 0.6) is 0 Å². The maximum atomic E-state index is 2.34. The molecule has 2 aromatic rings. The minimum Gasteiger partial charge on any atom is -0.0651 e. The Morgan fingerprint density at radius 3 is 1.27 bits per heavy atom. The second kappa shape index (κ2) is 11.8. The van der Waals surface area contributed by atoms with Crippen LogP contribution in [0.3, 0.4) is 0 Å². The molecule has 0 bridgehead atoms. The Labute approximate surface area is 169 Å². The third kappa shape index (κ3) is 7.80. The average molecular weight is 387 g/mol. The van der Waals surface area contributed by atoms with Gasteiger partial charge in [-0.3, -0.25) is 0 Å². The van der Waals surface area contributed by atoms with Crippen molar-refractivity contribution >= 4 is 21.6 Å². The molecule has 0 aromatic heterocycles. The molecule has 0 radical (unpaired) electrons. The summed E-state index contributed by atoms with van der Waals surface area (Å²) in [5.41, 5.74) is 2.93. The molecule has 0 heterocycles. The lowest BCUT2D eigenvalue weighted by Crippen LogP contribution is -1.95. The maximum Gasteiger partial charge on any atom is 0.0186 e. The third-order valence-electron chi connectivity index (χ3n) is 5.33. The molecule has 0 saturated carbocycles. The second-order valence-corrected chi connectivity index (χ2v) is 9.83. The first kappa shape index (κ1) is 21.4. The number of hydrogen-bond acceptors (Lipinski definition) is 2. The van der Waals surface area contributed by atoms with E-state index in [4.69, 9.17) is 0 Å². The quantitative estimate of drug-likeness (QED) is 0.355. The van der Waals surface area contributed by atoms with E-state index in [1.807, 2.05) is 21.6 Å². The first-order chi connectivity index (χ1) is 12.6. The SMILES string of the molecule is CCC(C)CCc1ccc(SSc2ccc(CCC(C)CC)cc2)cc1. The van der Waals surface area contributed by atoms with Crippen LogP contribution >= 0.6 is 21.6 Å². The van der Waals surface area contributed by atoms with Crippen molar-refractivity contribution in [3.8, 4) is 0 Å². The Balaban J connectivity index is 1.77. The molecule has 142 valence electrons. The van der Waals surface area contributed by atoms with Crippen LogP contribution in [0.4, 0.5) is 0 Å². The minimum atomic E-state index is 0.827. The van der Waals surface area contributed by atoms with E-state index in [1.165, 1.54) is 59.4 Å². The van der Waals surface area contributed by atoms with Crippen molar-refractivity contribution in [3.05, 3.63) is 59.7 Å². The van der Waals surface area contributed by atoms with Gasteiger partial charge in [-0.25, -0.2) is 0 Å². The fourth-order valence-corrected chi connectivity index (χ4v) is 4.68. The lowest BCUT2D eigenvalue weighted by atomic mass is 9.99. The van der Waals surface area contributed by atoms with Gasteiger partial charge in [-0.05, 0) is 72.9 Å². The summed E-state index contributed by atoms with van der Waals surface area (Å²) in [7, 11) is 3.71. The molecule has 0 amide bonds. The molecule has 26 heavy (non-hydrogen) atoms. The molecule has 0 nitrogen and oxygen atoms in total. The van der Waals surface area contributed by atoms with Crippen LogP contribution in [0.15, 0.2) is 58.3 Å². The van der Waals surface area contributed by atoms with Crippen molar-refractivity contribution in [2.45, 2.75) is 76.0 Å². The van der Waals surface area contributed by atoms with Crippen LogP contribution in [-0.4, -0.2) is 0 Å². The zero-order valence-corrected chi connectivity index (χ0v) is 18.5. The highest BCUT2D eigenvalue weighted by molar-refractivity contribution is 8.76. The molecular formula is C24H34S2. The van der Waals surface area contributed by atoms with Crippen molar-refractivity contribution in [3.63, 3.8) is 0 Å². The van der Waals surface area contributed by atoms with Gasteiger partial charge in [-0.1, -0.05) is 86.4 Å². The summed E-state index contributed by atoms with van der Waals surface area (Å²) in [5, 5.41) is 0. The molecule has 2 heteroatoms. The highest BCUT2D eigenvalue weighted by Crippen LogP contribution is 2.37. The van der Waals surface area contributed by atoms with Crippen LogP contribution in [0.1, 0.15) is 64.5 Å². The first-order valence-corrected chi connectivity index (χ1v) is 12.3. The predicted molar refractivity (Wildman–Crippen MR) is 120 cm³/mol. The highest BCUT2D eigenvalue weighted by atomic mass is 33.1. The molecule has 2 aromatic carbocycles. The highest BCUT2D eigenvalue weighted by Gasteiger charge is 2.03. The second-order valence-electron chi connectivity index (χ2n) is 7.56. The van der Waals surface area contributed by atoms with Gasteiger partial charge in [0.05, 0.1) is 0 Å². The number of aryl methyl sites for hydroxylation is 2. The fourth-order valence-electron chi connectivity index (χ4n) is 2.75. The summed E-state index contributed by atoms with van der Waals surface area (Å²) < 4.78 is 0. The monoisotopic (exact) mass is 386 g/mol. The molecule has 0 spiro atoms. The van der Waals surface area contributed by atoms with Crippen LogP contribution < -0.4 is 0 Å². The first-order valence-electron chi connectivity index (χ1n) is 10.1. The van der Waals surface area contributed by atoms with Gasteiger partial charge in [-0.2, -0.15) is 0 Å². The summed E-state index contributed by atoms with van der Waals surface area (Å²) in [6.07, 6.45) is 7.54. The summed E-state index contributed by atoms with van der Waals surface area (Å²) in [4.78, 5) is 2.67. The van der Waals surface area contributed by atoms with Crippen LogP contribution in [0.25, 0.3) is 0 Å². The average Bonchev–Trinajstić information content (AvgIpc) is 2.70. The van der Waals surface area contributed by atoms with Crippen LogP contribution in [0.2, 0.25) is 0 Å². The molecule has 0 aliphatic carbocycles. The molecule has 0 fully saturated rings. The summed E-state index contributed by atoms with van der Waals surface area (Å²) in [6, 6.07) is 18.3. The normalized spacial score (nSPS) is 13.5. The molecule has 2 atom stereocenters. The Bertz CT molecular complexity index is 558. The molecule has 2 unspecified atom stereocenters. The minimum absolute atomic E-state index is 0.827. The predicted octanol–water partition coefficient (Wildman–Crippen LogP) is 8.44. The summed E-state index contributed by atoms with van der Waals surface area (Å²) in [5.74, 6) is 1.65. The van der Waals surface area contributed by atoms with Gasteiger partial charge >= 0.3 is 0 Å². The Morgan fingerprint density at radius 1 is 0.615 bits per heavy atom. The van der Waals surface area contributed by atoms with Crippen molar-refractivity contribution < 1.29 is 0 Å². The van der Waals surface area contributed by atoms with Crippen molar-refractivity contribution in [1.82, 2.24) is 0 Å². The molecule has 0 saturated heterocycles. The Morgan fingerprint density at radius 2 is 0.962 bits per heavy atom. The molecular weight excluding hydrogens is 352 g/mol. The number of rotatable bonds is 11. The smallest absolute Gasteiger partial charge is 0.0186 e. The molecule has 0 N–H and O–H groups in total. The lowest BCUT2D eigenvalue weighted by Gasteiger charge is -2.09.